The minimum Gasteiger partial charge on any atom is -0.376 e. The first-order valence-corrected chi connectivity index (χ1v) is 3.29. The number of nitrogens with one attached hydrogen (secondary N) is 1. The van der Waals surface area contributed by atoms with E-state index in [1.807, 2.05) is 0 Å². The molecule has 3 N–H and O–H groups in total. The van der Waals surface area contributed by atoms with Crippen LogP contribution in [0.2, 0.25) is 0 Å². The Kier molecular flexibility index (Phi) is 2.05. The van der Waals surface area contributed by atoms with Gasteiger partial charge in [0.2, 0.25) is 0 Å². The summed E-state index contributed by atoms with van der Waals surface area (Å²) in [5, 5.41) is 3.21. The summed E-state index contributed by atoms with van der Waals surface area (Å²) in [5.74, 6) is 0. The maximum atomic E-state index is 5.51. The van der Waals surface area contributed by atoms with Crippen molar-refractivity contribution in [3.05, 3.63) is 0 Å². The summed E-state index contributed by atoms with van der Waals surface area (Å²) in [6.07, 6.45) is 1.04. The molecule has 1 atom stereocenters. The molecule has 3 nitrogen and oxygen atoms in total. The molecule has 0 spiro atoms. The Morgan fingerprint density at radius 3 is 2.78 bits per heavy atom. The Morgan fingerprint density at radius 1 is 1.78 bits per heavy atom. The van der Waals surface area contributed by atoms with Gasteiger partial charge >= 0.3 is 0 Å². The van der Waals surface area contributed by atoms with E-state index < -0.39 is 0 Å². The summed E-state index contributed by atoms with van der Waals surface area (Å²) in [5.41, 5.74) is 5.46. The summed E-state index contributed by atoms with van der Waals surface area (Å²) in [6.45, 7) is 2.56. The van der Waals surface area contributed by atoms with Crippen molar-refractivity contribution in [2.75, 3.05) is 26.7 Å². The van der Waals surface area contributed by atoms with Gasteiger partial charge in [-0.1, -0.05) is 0 Å². The fourth-order valence-electron chi connectivity index (χ4n) is 1.15. The smallest absolute Gasteiger partial charge is 0.0935 e. The van der Waals surface area contributed by atoms with Crippen molar-refractivity contribution in [3.8, 4) is 0 Å². The summed E-state index contributed by atoms with van der Waals surface area (Å²) in [4.78, 5) is 0. The van der Waals surface area contributed by atoms with Crippen molar-refractivity contribution in [3.63, 3.8) is 0 Å². The van der Waals surface area contributed by atoms with Gasteiger partial charge in [-0.25, -0.2) is 0 Å². The second kappa shape index (κ2) is 2.64. The maximum absolute atomic E-state index is 5.51. The monoisotopic (exact) mass is 130 g/mol. The zero-order chi connectivity index (χ0) is 6.74. The van der Waals surface area contributed by atoms with E-state index in [1.165, 1.54) is 0 Å². The summed E-state index contributed by atoms with van der Waals surface area (Å²) in [7, 11) is 1.72. The first-order valence-electron chi connectivity index (χ1n) is 3.29. The third-order valence-electron chi connectivity index (χ3n) is 2.01. The molecule has 0 amide bonds. The van der Waals surface area contributed by atoms with Gasteiger partial charge in [0.1, 0.15) is 0 Å². The topological polar surface area (TPSA) is 47.3 Å². The number of nitrogens with two attached hydrogens (primary N) is 1. The predicted molar refractivity (Wildman–Crippen MR) is 36.3 cm³/mol. The zero-order valence-corrected chi connectivity index (χ0v) is 5.81. The highest BCUT2D eigenvalue weighted by Gasteiger charge is 2.31. The number of hydrogen-bond acceptors (Lipinski definition) is 3. The van der Waals surface area contributed by atoms with Crippen LogP contribution in [0.25, 0.3) is 0 Å². The van der Waals surface area contributed by atoms with Crippen molar-refractivity contribution in [2.24, 2.45) is 5.73 Å². The lowest BCUT2D eigenvalue weighted by atomic mass is 10.0. The second-order valence-corrected chi connectivity index (χ2v) is 2.52. The van der Waals surface area contributed by atoms with Gasteiger partial charge in [-0.2, -0.15) is 0 Å². The van der Waals surface area contributed by atoms with Crippen LogP contribution in [0, 0.1) is 0 Å². The number of rotatable bonds is 2. The van der Waals surface area contributed by atoms with E-state index >= 15 is 0 Å². The molecule has 0 aliphatic carbocycles. The number of methoxy groups -OCH3 is 1. The molecular formula is C6H14N2O. The van der Waals surface area contributed by atoms with Gasteiger partial charge < -0.3 is 15.8 Å². The molecule has 9 heavy (non-hydrogen) atoms. The molecule has 1 aliphatic heterocycles. The van der Waals surface area contributed by atoms with Crippen LogP contribution in [-0.2, 0) is 4.74 Å². The van der Waals surface area contributed by atoms with Crippen molar-refractivity contribution < 1.29 is 4.74 Å². The second-order valence-electron chi connectivity index (χ2n) is 2.52. The van der Waals surface area contributed by atoms with Crippen molar-refractivity contribution >= 4 is 0 Å². The van der Waals surface area contributed by atoms with Crippen LogP contribution in [0.1, 0.15) is 6.42 Å². The van der Waals surface area contributed by atoms with Gasteiger partial charge in [0.25, 0.3) is 0 Å². The van der Waals surface area contributed by atoms with Crippen LogP contribution in [0.4, 0.5) is 0 Å². The molecule has 1 unspecified atom stereocenters. The molecule has 0 radical (unpaired) electrons. The zero-order valence-electron chi connectivity index (χ0n) is 5.81. The maximum Gasteiger partial charge on any atom is 0.0935 e. The fourth-order valence-corrected chi connectivity index (χ4v) is 1.15. The summed E-state index contributed by atoms with van der Waals surface area (Å²) >= 11 is 0. The molecule has 0 aromatic rings. The average molecular weight is 130 g/mol. The number of hydrogen-bond donors (Lipinski definition) is 2. The molecule has 1 rings (SSSR count). The van der Waals surface area contributed by atoms with E-state index in [2.05, 4.69) is 5.32 Å². The lowest BCUT2D eigenvalue weighted by Crippen LogP contribution is -2.41. The molecule has 0 bridgehead atoms. The van der Waals surface area contributed by atoms with Gasteiger partial charge in [-0.3, -0.25) is 0 Å². The molecule has 54 valence electrons. The van der Waals surface area contributed by atoms with Crippen LogP contribution in [0.15, 0.2) is 0 Å². The molecule has 1 saturated heterocycles. The van der Waals surface area contributed by atoms with Crippen LogP contribution in [0.3, 0.4) is 0 Å². The third kappa shape index (κ3) is 1.23. The average Bonchev–Trinajstić information content (AvgIpc) is 2.36. The molecule has 1 fully saturated rings. The fraction of sp³-hybridized carbons (Fsp3) is 1.00. The Morgan fingerprint density at radius 2 is 2.56 bits per heavy atom. The Labute approximate surface area is 55.6 Å². The van der Waals surface area contributed by atoms with Gasteiger partial charge in [0.15, 0.2) is 0 Å². The molecule has 0 saturated carbocycles. The van der Waals surface area contributed by atoms with Crippen LogP contribution in [-0.4, -0.2) is 32.3 Å². The van der Waals surface area contributed by atoms with E-state index in [9.17, 15) is 0 Å². The van der Waals surface area contributed by atoms with Crippen molar-refractivity contribution in [1.29, 1.82) is 0 Å². The Balaban J connectivity index is 2.45. The van der Waals surface area contributed by atoms with Crippen LogP contribution < -0.4 is 11.1 Å². The highest BCUT2D eigenvalue weighted by atomic mass is 16.5. The van der Waals surface area contributed by atoms with Crippen molar-refractivity contribution in [1.82, 2.24) is 5.32 Å². The predicted octanol–water partition coefficient (Wildman–Crippen LogP) is -0.676. The molecular weight excluding hydrogens is 116 g/mol. The number of ether oxygens (including phenoxy) is 1. The van der Waals surface area contributed by atoms with E-state index in [0.717, 1.165) is 19.5 Å². The largest absolute Gasteiger partial charge is 0.376 e. The van der Waals surface area contributed by atoms with Gasteiger partial charge in [0, 0.05) is 20.2 Å². The van der Waals surface area contributed by atoms with Gasteiger partial charge in [0.05, 0.1) is 5.60 Å². The highest BCUT2D eigenvalue weighted by Crippen LogP contribution is 2.16. The van der Waals surface area contributed by atoms with Gasteiger partial charge in [-0.15, -0.1) is 0 Å². The minimum atomic E-state index is -0.0556. The van der Waals surface area contributed by atoms with Crippen LogP contribution in [0.5, 0.6) is 0 Å². The summed E-state index contributed by atoms with van der Waals surface area (Å²) in [6, 6.07) is 0. The van der Waals surface area contributed by atoms with Crippen LogP contribution >= 0.6 is 0 Å². The molecule has 3 heteroatoms. The Bertz CT molecular complexity index is 83.1. The molecule has 1 heterocycles. The molecule has 0 aromatic carbocycles. The normalized spacial score (nSPS) is 35.3. The van der Waals surface area contributed by atoms with E-state index in [-0.39, 0.29) is 5.60 Å². The molecule has 0 aromatic heterocycles. The van der Waals surface area contributed by atoms with E-state index in [1.54, 1.807) is 7.11 Å². The lowest BCUT2D eigenvalue weighted by molar-refractivity contribution is 0.0153. The minimum absolute atomic E-state index is 0.0556. The van der Waals surface area contributed by atoms with Crippen molar-refractivity contribution in [2.45, 2.75) is 12.0 Å². The van der Waals surface area contributed by atoms with E-state index in [4.69, 9.17) is 10.5 Å². The lowest BCUT2D eigenvalue weighted by Gasteiger charge is -2.23. The highest BCUT2D eigenvalue weighted by molar-refractivity contribution is 4.89. The summed E-state index contributed by atoms with van der Waals surface area (Å²) < 4.78 is 5.26. The SMILES string of the molecule is COC1(CN)CCNC1. The quantitative estimate of drug-likeness (QED) is 0.521. The third-order valence-corrected chi connectivity index (χ3v) is 2.01. The first-order chi connectivity index (χ1) is 4.33. The molecule has 1 aliphatic rings. The Hall–Kier alpha value is -0.120. The first kappa shape index (κ1) is 6.99. The van der Waals surface area contributed by atoms with E-state index in [0.29, 0.717) is 6.54 Å². The van der Waals surface area contributed by atoms with Gasteiger partial charge in [-0.05, 0) is 13.0 Å². The standard InChI is InChI=1S/C6H14N2O/c1-9-6(4-7)2-3-8-5-6/h8H,2-5,7H2,1H3.